The lowest BCUT2D eigenvalue weighted by Gasteiger charge is -2.25. The van der Waals surface area contributed by atoms with Crippen LogP contribution in [-0.4, -0.2) is 0 Å². The maximum absolute atomic E-state index is 14.9. The molecular weight excluding hydrogens is 527 g/mol. The van der Waals surface area contributed by atoms with Crippen LogP contribution in [0.1, 0.15) is 113 Å². The molecule has 0 fully saturated rings. The van der Waals surface area contributed by atoms with Crippen molar-refractivity contribution < 1.29 is 18.1 Å². The Morgan fingerprint density at radius 2 is 0.707 bits per heavy atom. The van der Waals surface area contributed by atoms with Gasteiger partial charge in [-0.3, -0.25) is 0 Å². The molecule has 0 saturated heterocycles. The van der Waals surface area contributed by atoms with E-state index < -0.39 is 7.82 Å². The van der Waals surface area contributed by atoms with Gasteiger partial charge in [0.05, 0.1) is 0 Å². The molecular formula is C36H51O4P. The first kappa shape index (κ1) is 32.8. The van der Waals surface area contributed by atoms with Crippen LogP contribution in [0.5, 0.6) is 17.2 Å². The van der Waals surface area contributed by atoms with Gasteiger partial charge in [0.1, 0.15) is 17.2 Å². The van der Waals surface area contributed by atoms with Crippen molar-refractivity contribution in [3.05, 3.63) is 88.0 Å². The molecule has 3 aromatic carbocycles. The number of rotatable bonds is 18. The van der Waals surface area contributed by atoms with Crippen molar-refractivity contribution in [1.82, 2.24) is 0 Å². The van der Waals surface area contributed by atoms with Crippen LogP contribution in [0.15, 0.2) is 54.6 Å². The second kappa shape index (κ2) is 16.7. The summed E-state index contributed by atoms with van der Waals surface area (Å²) >= 11 is 0. The lowest BCUT2D eigenvalue weighted by Crippen LogP contribution is -2.12. The van der Waals surface area contributed by atoms with Gasteiger partial charge in [0.2, 0.25) is 0 Å². The minimum absolute atomic E-state index is 0.588. The number of benzene rings is 3. The topological polar surface area (TPSA) is 44.8 Å². The van der Waals surface area contributed by atoms with Crippen LogP contribution in [-0.2, 0) is 43.1 Å². The molecule has 0 atom stereocenters. The predicted octanol–water partition coefficient (Wildman–Crippen LogP) is 11.0. The highest BCUT2D eigenvalue weighted by molar-refractivity contribution is 7.49. The number of hydrogen-bond donors (Lipinski definition) is 0. The molecule has 3 aromatic rings. The van der Waals surface area contributed by atoms with Crippen molar-refractivity contribution in [2.75, 3.05) is 0 Å². The van der Waals surface area contributed by atoms with Crippen molar-refractivity contribution in [3.8, 4) is 17.2 Å². The summed E-state index contributed by atoms with van der Waals surface area (Å²) in [7, 11) is -4.15. The quantitative estimate of drug-likeness (QED) is 0.141. The third-order valence-corrected chi connectivity index (χ3v) is 8.64. The molecule has 0 N–H and O–H groups in total. The van der Waals surface area contributed by atoms with E-state index in [4.69, 9.17) is 13.6 Å². The summed E-state index contributed by atoms with van der Waals surface area (Å²) in [4.78, 5) is 0. The van der Waals surface area contributed by atoms with Crippen molar-refractivity contribution in [2.45, 2.75) is 119 Å². The molecule has 0 amide bonds. The second-order valence-electron chi connectivity index (χ2n) is 10.9. The van der Waals surface area contributed by atoms with Crippen LogP contribution in [0.25, 0.3) is 0 Å². The van der Waals surface area contributed by atoms with E-state index >= 15 is 0 Å². The van der Waals surface area contributed by atoms with Crippen LogP contribution in [0.2, 0.25) is 0 Å². The highest BCUT2D eigenvalue weighted by Crippen LogP contribution is 2.52. The van der Waals surface area contributed by atoms with Crippen molar-refractivity contribution in [2.24, 2.45) is 0 Å². The van der Waals surface area contributed by atoms with Crippen molar-refractivity contribution >= 4 is 7.82 Å². The average molecular weight is 579 g/mol. The van der Waals surface area contributed by atoms with Crippen LogP contribution in [0.3, 0.4) is 0 Å². The molecule has 3 rings (SSSR count). The van der Waals surface area contributed by atoms with Gasteiger partial charge in [-0.15, -0.1) is 0 Å². The van der Waals surface area contributed by atoms with Gasteiger partial charge in [-0.25, -0.2) is 0 Å². The lowest BCUT2D eigenvalue weighted by atomic mass is 9.99. The first-order valence-electron chi connectivity index (χ1n) is 15.9. The van der Waals surface area contributed by atoms with Crippen LogP contribution in [0, 0.1) is 0 Å². The van der Waals surface area contributed by atoms with Crippen LogP contribution in [0.4, 0.5) is 0 Å². The maximum atomic E-state index is 14.9. The highest BCUT2D eigenvalue weighted by Gasteiger charge is 2.36. The smallest absolute Gasteiger partial charge is 0.386 e. The summed E-state index contributed by atoms with van der Waals surface area (Å²) in [5.74, 6) is 1.76. The molecule has 0 unspecified atom stereocenters. The number of phosphoric acid groups is 1. The molecule has 0 aliphatic heterocycles. The van der Waals surface area contributed by atoms with Gasteiger partial charge in [0.15, 0.2) is 0 Å². The SMILES string of the molecule is CCCc1cccc(OP(=O)(Oc2cccc(CCC)c2CCC)Oc2cccc(CCC)c2CCC)c1CCC. The third kappa shape index (κ3) is 8.89. The number of aryl methyl sites for hydroxylation is 3. The maximum Gasteiger partial charge on any atom is 0.647 e. The fourth-order valence-corrected chi connectivity index (χ4v) is 6.97. The molecule has 224 valence electrons. The molecule has 0 radical (unpaired) electrons. The van der Waals surface area contributed by atoms with Crippen LogP contribution < -0.4 is 13.6 Å². The first-order valence-corrected chi connectivity index (χ1v) is 17.4. The first-order chi connectivity index (χ1) is 19.9. The van der Waals surface area contributed by atoms with Gasteiger partial charge in [-0.2, -0.15) is 4.57 Å². The molecule has 0 aliphatic carbocycles. The van der Waals surface area contributed by atoms with Crippen LogP contribution >= 0.6 is 7.82 Å². The Bertz CT molecular complexity index is 1130. The fourth-order valence-electron chi connectivity index (χ4n) is 5.62. The van der Waals surface area contributed by atoms with E-state index in [1.165, 1.54) is 16.7 Å². The summed E-state index contributed by atoms with van der Waals surface area (Å²) < 4.78 is 34.3. The van der Waals surface area contributed by atoms with E-state index in [1.807, 2.05) is 36.4 Å². The third-order valence-electron chi connectivity index (χ3n) is 7.38. The van der Waals surface area contributed by atoms with E-state index in [-0.39, 0.29) is 0 Å². The molecule has 4 nitrogen and oxygen atoms in total. The lowest BCUT2D eigenvalue weighted by molar-refractivity contribution is 0.295. The standard InChI is InChI=1S/C36H51O4P/c1-7-16-28-22-13-25-34(31(28)19-10-4)38-41(37,39-35-26-14-23-29(17-8-2)32(35)20-11-5)40-36-27-15-24-30(18-9-3)33(36)21-12-6/h13-15,22-27H,7-12,16-21H2,1-6H3. The van der Waals surface area contributed by atoms with Gasteiger partial charge >= 0.3 is 7.82 Å². The van der Waals surface area contributed by atoms with Gasteiger partial charge in [-0.05, 0) is 90.1 Å². The molecule has 0 bridgehead atoms. The summed E-state index contributed by atoms with van der Waals surface area (Å²) in [5.41, 5.74) is 6.95. The van der Waals surface area contributed by atoms with Gasteiger partial charge in [0, 0.05) is 0 Å². The molecule has 5 heteroatoms. The Hall–Kier alpha value is -2.71. The normalized spacial score (nSPS) is 11.5. The summed E-state index contributed by atoms with van der Waals surface area (Å²) in [6.45, 7) is 13.0. The van der Waals surface area contributed by atoms with E-state index in [0.29, 0.717) is 17.2 Å². The van der Waals surface area contributed by atoms with E-state index in [1.54, 1.807) is 0 Å². The van der Waals surface area contributed by atoms with Gasteiger partial charge in [-0.1, -0.05) is 116 Å². The van der Waals surface area contributed by atoms with Gasteiger partial charge in [0.25, 0.3) is 0 Å². The minimum Gasteiger partial charge on any atom is -0.386 e. The van der Waals surface area contributed by atoms with E-state index in [9.17, 15) is 4.57 Å². The van der Waals surface area contributed by atoms with Gasteiger partial charge < -0.3 is 13.6 Å². The molecule has 0 aromatic heterocycles. The second-order valence-corrected chi connectivity index (χ2v) is 12.3. The zero-order valence-corrected chi connectivity index (χ0v) is 27.2. The zero-order valence-electron chi connectivity index (χ0n) is 26.3. The average Bonchev–Trinajstić information content (AvgIpc) is 2.94. The van der Waals surface area contributed by atoms with Crippen molar-refractivity contribution in [3.63, 3.8) is 0 Å². The highest BCUT2D eigenvalue weighted by atomic mass is 31.2. The summed E-state index contributed by atoms with van der Waals surface area (Å²) in [6, 6.07) is 18.1. The minimum atomic E-state index is -4.15. The molecule has 0 aliphatic rings. The number of hydrogen-bond acceptors (Lipinski definition) is 4. The van der Waals surface area contributed by atoms with Crippen molar-refractivity contribution in [1.29, 1.82) is 0 Å². The molecule has 0 saturated carbocycles. The zero-order chi connectivity index (χ0) is 29.7. The predicted molar refractivity (Wildman–Crippen MR) is 173 cm³/mol. The largest absolute Gasteiger partial charge is 0.647 e. The Labute approximate surface area is 249 Å². The molecule has 0 spiro atoms. The number of phosphoric ester groups is 1. The van der Waals surface area contributed by atoms with E-state index in [2.05, 4.69) is 59.7 Å². The Morgan fingerprint density at radius 3 is 0.951 bits per heavy atom. The Kier molecular flexibility index (Phi) is 13.3. The monoisotopic (exact) mass is 578 g/mol. The molecule has 41 heavy (non-hydrogen) atoms. The van der Waals surface area contributed by atoms with E-state index in [0.717, 1.165) is 93.7 Å². The summed E-state index contributed by atoms with van der Waals surface area (Å²) in [6.07, 6.45) is 11.3. The Morgan fingerprint density at radius 1 is 0.439 bits per heavy atom. The summed E-state index contributed by atoms with van der Waals surface area (Å²) in [5, 5.41) is 0. The fraction of sp³-hybridized carbons (Fsp3) is 0.500. The molecule has 0 heterocycles. The Balaban J connectivity index is 2.16.